The van der Waals surface area contributed by atoms with Gasteiger partial charge in [0.1, 0.15) is 0 Å². The zero-order valence-corrected chi connectivity index (χ0v) is 9.35. The number of hydrogen-bond acceptors (Lipinski definition) is 3. The Labute approximate surface area is 105 Å². The highest BCUT2D eigenvalue weighted by Gasteiger charge is 2.45. The Balaban J connectivity index is 0.000000167. The minimum Gasteiger partial charge on any atom is -0.475 e. The lowest BCUT2D eigenvalue weighted by Crippen LogP contribution is -2.51. The molecule has 1 saturated heterocycles. The molecule has 0 saturated carbocycles. The fourth-order valence-electron chi connectivity index (χ4n) is 1.70. The Hall–Kier alpha value is -2.09. The van der Waals surface area contributed by atoms with Crippen molar-refractivity contribution < 1.29 is 32.7 Å². The van der Waals surface area contributed by atoms with Gasteiger partial charge in [-0.15, -0.1) is 0 Å². The van der Waals surface area contributed by atoms with E-state index in [1.54, 1.807) is 0 Å². The lowest BCUT2D eigenvalue weighted by molar-refractivity contribution is -0.281. The molecule has 1 atom stereocenters. The maximum absolute atomic E-state index is 11.2. The lowest BCUT2D eigenvalue weighted by Gasteiger charge is -2.42. The van der Waals surface area contributed by atoms with Crippen molar-refractivity contribution in [2.75, 3.05) is 0 Å². The van der Waals surface area contributed by atoms with E-state index >= 15 is 0 Å². The minimum absolute atomic E-state index is 0.0914. The summed E-state index contributed by atoms with van der Waals surface area (Å²) in [6.45, 7) is 0.603. The van der Waals surface area contributed by atoms with Crippen LogP contribution in [-0.4, -0.2) is 28.2 Å². The molecule has 1 N–H and O–H groups in total. The zero-order chi connectivity index (χ0) is 14.2. The van der Waals surface area contributed by atoms with Crippen molar-refractivity contribution >= 4 is 11.9 Å². The second-order valence-corrected chi connectivity index (χ2v) is 3.86. The van der Waals surface area contributed by atoms with Gasteiger partial charge in [0.25, 0.3) is 5.91 Å². The molecule has 102 valence electrons. The summed E-state index contributed by atoms with van der Waals surface area (Å²) >= 11 is 0. The molecule has 1 fully saturated rings. The Bertz CT molecular complexity index is 529. The van der Waals surface area contributed by atoms with Crippen LogP contribution in [0.15, 0.2) is 24.3 Å². The molecule has 0 aliphatic carbocycles. The zero-order valence-electron chi connectivity index (χ0n) is 9.35. The molecule has 2 bridgehead atoms. The van der Waals surface area contributed by atoms with Crippen molar-refractivity contribution in [2.24, 2.45) is 0 Å². The van der Waals surface area contributed by atoms with Crippen molar-refractivity contribution in [2.45, 2.75) is 18.8 Å². The molecule has 1 aromatic carbocycles. The Morgan fingerprint density at radius 3 is 2.47 bits per heavy atom. The molecule has 1 amide bonds. The van der Waals surface area contributed by atoms with Gasteiger partial charge in [0.2, 0.25) is 0 Å². The summed E-state index contributed by atoms with van der Waals surface area (Å²) in [5.74, 6) is -2.67. The van der Waals surface area contributed by atoms with Crippen molar-refractivity contribution in [3.63, 3.8) is 0 Å². The van der Waals surface area contributed by atoms with E-state index in [-0.39, 0.29) is 12.0 Å². The topological polar surface area (TPSA) is 66.8 Å². The summed E-state index contributed by atoms with van der Waals surface area (Å²) in [7, 11) is 0. The predicted octanol–water partition coefficient (Wildman–Crippen LogP) is 1.65. The first kappa shape index (κ1) is 13.3. The van der Waals surface area contributed by atoms with E-state index in [0.29, 0.717) is 6.54 Å². The van der Waals surface area contributed by atoms with Gasteiger partial charge in [0.15, 0.2) is 6.10 Å². The van der Waals surface area contributed by atoms with Gasteiger partial charge in [0.05, 0.1) is 6.54 Å². The highest BCUT2D eigenvalue weighted by atomic mass is 19.4. The van der Waals surface area contributed by atoms with Crippen molar-refractivity contribution in [1.29, 1.82) is 0 Å². The Morgan fingerprint density at radius 1 is 1.37 bits per heavy atom. The molecule has 0 radical (unpaired) electrons. The molecule has 1 aromatic rings. The number of amides is 1. The third-order valence-corrected chi connectivity index (χ3v) is 2.60. The summed E-state index contributed by atoms with van der Waals surface area (Å²) < 4.78 is 31.7. The number of aliphatic carboxylic acids is 1. The number of carboxylic acids is 1. The van der Waals surface area contributed by atoms with E-state index < -0.39 is 12.1 Å². The van der Waals surface area contributed by atoms with Gasteiger partial charge in [0, 0.05) is 0 Å². The molecule has 3 aliphatic heterocycles. The second kappa shape index (κ2) is 4.54. The smallest absolute Gasteiger partial charge is 0.475 e. The number of rotatable bonds is 0. The number of hydroxylamine groups is 2. The maximum Gasteiger partial charge on any atom is 0.490 e. The molecular weight excluding hydrogens is 267 g/mol. The molecule has 8 heteroatoms. The molecule has 0 aromatic heterocycles. The Morgan fingerprint density at radius 2 is 1.95 bits per heavy atom. The molecule has 3 heterocycles. The molecule has 4 rings (SSSR count). The van der Waals surface area contributed by atoms with Gasteiger partial charge in [-0.25, -0.2) is 9.86 Å². The van der Waals surface area contributed by atoms with E-state index in [9.17, 15) is 18.0 Å². The van der Waals surface area contributed by atoms with E-state index in [1.807, 2.05) is 24.3 Å². The van der Waals surface area contributed by atoms with Gasteiger partial charge < -0.3 is 5.11 Å². The summed E-state index contributed by atoms with van der Waals surface area (Å²) in [6.07, 6.45) is -5.39. The SMILES string of the molecule is O=C(O)C(F)(F)F.O=C1C2ON1Cc1ccccc12. The van der Waals surface area contributed by atoms with Gasteiger partial charge in [-0.05, 0) is 11.1 Å². The van der Waals surface area contributed by atoms with Crippen molar-refractivity contribution in [3.05, 3.63) is 35.4 Å². The third kappa shape index (κ3) is 2.53. The lowest BCUT2D eigenvalue weighted by atomic mass is 9.96. The monoisotopic (exact) mass is 275 g/mol. The molecule has 0 spiro atoms. The fraction of sp³-hybridized carbons (Fsp3) is 0.273. The van der Waals surface area contributed by atoms with Gasteiger partial charge in [-0.1, -0.05) is 24.3 Å². The largest absolute Gasteiger partial charge is 0.490 e. The quantitative estimate of drug-likeness (QED) is 0.781. The average molecular weight is 275 g/mol. The van der Waals surface area contributed by atoms with Gasteiger partial charge >= 0.3 is 12.1 Å². The number of benzene rings is 1. The van der Waals surface area contributed by atoms with Crippen molar-refractivity contribution in [1.82, 2.24) is 5.06 Å². The van der Waals surface area contributed by atoms with E-state index in [0.717, 1.165) is 5.56 Å². The van der Waals surface area contributed by atoms with Crippen LogP contribution in [0.4, 0.5) is 13.2 Å². The van der Waals surface area contributed by atoms with E-state index in [1.165, 1.54) is 10.6 Å². The van der Waals surface area contributed by atoms with Gasteiger partial charge in [-0.3, -0.25) is 9.63 Å². The fourth-order valence-corrected chi connectivity index (χ4v) is 1.70. The number of hydrogen-bond donors (Lipinski definition) is 1. The highest BCUT2D eigenvalue weighted by molar-refractivity contribution is 5.87. The number of carbonyl (C=O) groups excluding carboxylic acids is 1. The van der Waals surface area contributed by atoms with Crippen LogP contribution < -0.4 is 0 Å². The molecule has 3 aliphatic rings. The summed E-state index contributed by atoms with van der Waals surface area (Å²) in [5, 5.41) is 8.53. The summed E-state index contributed by atoms with van der Waals surface area (Å²) in [4.78, 5) is 25.3. The number of alkyl halides is 3. The number of carbonyl (C=O) groups is 2. The summed E-state index contributed by atoms with van der Waals surface area (Å²) in [6, 6.07) is 7.90. The van der Waals surface area contributed by atoms with Crippen LogP contribution in [0.25, 0.3) is 0 Å². The molecule has 19 heavy (non-hydrogen) atoms. The molecule has 1 unspecified atom stereocenters. The minimum atomic E-state index is -5.08. The van der Waals surface area contributed by atoms with Crippen LogP contribution in [0.2, 0.25) is 0 Å². The molecule has 5 nitrogen and oxygen atoms in total. The maximum atomic E-state index is 11.2. The second-order valence-electron chi connectivity index (χ2n) is 3.86. The van der Waals surface area contributed by atoms with Crippen molar-refractivity contribution in [3.8, 4) is 0 Å². The first-order chi connectivity index (χ1) is 8.80. The number of carboxylic acid groups (broad SMARTS) is 1. The van der Waals surface area contributed by atoms with Crippen LogP contribution in [-0.2, 0) is 21.0 Å². The highest BCUT2D eigenvalue weighted by Crippen LogP contribution is 2.39. The third-order valence-electron chi connectivity index (χ3n) is 2.60. The Kier molecular flexibility index (Phi) is 3.19. The molecular formula is C11H8F3NO4. The van der Waals surface area contributed by atoms with E-state index in [2.05, 4.69) is 0 Å². The van der Waals surface area contributed by atoms with Crippen LogP contribution in [0.5, 0.6) is 0 Å². The number of nitrogens with zero attached hydrogens (tertiary/aromatic N) is 1. The average Bonchev–Trinajstić information content (AvgIpc) is 2.37. The number of halogens is 3. The predicted molar refractivity (Wildman–Crippen MR) is 54.5 cm³/mol. The van der Waals surface area contributed by atoms with Crippen LogP contribution in [0.1, 0.15) is 17.2 Å². The van der Waals surface area contributed by atoms with Gasteiger partial charge in [-0.2, -0.15) is 13.2 Å². The van der Waals surface area contributed by atoms with Crippen LogP contribution in [0, 0.1) is 0 Å². The van der Waals surface area contributed by atoms with Crippen LogP contribution >= 0.6 is 0 Å². The normalized spacial score (nSPS) is 19.8. The first-order valence-corrected chi connectivity index (χ1v) is 5.17. The first-order valence-electron chi connectivity index (χ1n) is 5.17. The summed E-state index contributed by atoms with van der Waals surface area (Å²) in [5.41, 5.74) is 2.23. The van der Waals surface area contributed by atoms with Crippen LogP contribution in [0.3, 0.4) is 0 Å². The standard InChI is InChI=1S/C9H7NO2.C2HF3O2/c11-9-8-7-4-2-1-3-6(7)5-10(9)12-8;3-2(4,5)1(6)7/h1-4,8H,5H2;(H,6,7). The van der Waals surface area contributed by atoms with E-state index in [4.69, 9.17) is 14.7 Å².